The van der Waals surface area contributed by atoms with E-state index < -0.39 is 0 Å². The summed E-state index contributed by atoms with van der Waals surface area (Å²) >= 11 is 1.11. The van der Waals surface area contributed by atoms with Gasteiger partial charge in [-0.15, -0.1) is 0 Å². The van der Waals surface area contributed by atoms with Crippen LogP contribution in [0, 0.1) is 6.92 Å². The molecular weight excluding hydrogens is 186 g/mol. The minimum atomic E-state index is -0.186. The van der Waals surface area contributed by atoms with Gasteiger partial charge < -0.3 is 5.32 Å². The SMILES string of the molecule is C=C(C)CNC(=O)c1nc(C)ns1. The molecule has 0 saturated heterocycles. The zero-order valence-corrected chi connectivity index (χ0v) is 8.44. The van der Waals surface area contributed by atoms with E-state index >= 15 is 0 Å². The summed E-state index contributed by atoms with van der Waals surface area (Å²) < 4.78 is 3.91. The van der Waals surface area contributed by atoms with Crippen molar-refractivity contribution in [1.29, 1.82) is 0 Å². The Morgan fingerprint density at radius 2 is 2.38 bits per heavy atom. The van der Waals surface area contributed by atoms with E-state index in [1.54, 1.807) is 6.92 Å². The standard InChI is InChI=1S/C8H11N3OS/c1-5(2)4-9-7(12)8-10-6(3)11-13-8/h1,4H2,2-3H3,(H,9,12). The molecule has 0 atom stereocenters. The van der Waals surface area contributed by atoms with Gasteiger partial charge in [-0.3, -0.25) is 4.79 Å². The molecule has 0 spiro atoms. The van der Waals surface area contributed by atoms with Crippen molar-refractivity contribution in [3.05, 3.63) is 23.0 Å². The number of nitrogens with zero attached hydrogens (tertiary/aromatic N) is 2. The van der Waals surface area contributed by atoms with Crippen LogP contribution < -0.4 is 5.32 Å². The Bertz CT molecular complexity index is 332. The average Bonchev–Trinajstić information content (AvgIpc) is 2.47. The van der Waals surface area contributed by atoms with Crippen LogP contribution in [0.2, 0.25) is 0 Å². The normalized spacial score (nSPS) is 9.69. The molecule has 0 radical (unpaired) electrons. The maximum atomic E-state index is 11.3. The molecule has 1 heterocycles. The van der Waals surface area contributed by atoms with E-state index in [-0.39, 0.29) is 5.91 Å². The van der Waals surface area contributed by atoms with Gasteiger partial charge in [0.1, 0.15) is 5.82 Å². The summed E-state index contributed by atoms with van der Waals surface area (Å²) in [5.74, 6) is 0.444. The molecule has 0 fully saturated rings. The molecule has 1 aromatic rings. The van der Waals surface area contributed by atoms with Gasteiger partial charge in [-0.2, -0.15) is 4.37 Å². The first-order valence-electron chi connectivity index (χ1n) is 3.82. The van der Waals surface area contributed by atoms with Gasteiger partial charge in [0.15, 0.2) is 0 Å². The zero-order chi connectivity index (χ0) is 9.84. The fourth-order valence-electron chi connectivity index (χ4n) is 0.696. The Kier molecular flexibility index (Phi) is 3.13. The first-order valence-corrected chi connectivity index (χ1v) is 4.60. The van der Waals surface area contributed by atoms with Gasteiger partial charge in [-0.1, -0.05) is 12.2 Å². The summed E-state index contributed by atoms with van der Waals surface area (Å²) in [7, 11) is 0. The van der Waals surface area contributed by atoms with Gasteiger partial charge >= 0.3 is 0 Å². The summed E-state index contributed by atoms with van der Waals surface area (Å²) in [5.41, 5.74) is 0.912. The Morgan fingerprint density at radius 1 is 1.69 bits per heavy atom. The molecule has 0 aliphatic heterocycles. The molecule has 0 saturated carbocycles. The van der Waals surface area contributed by atoms with Crippen LogP contribution >= 0.6 is 11.5 Å². The monoisotopic (exact) mass is 197 g/mol. The summed E-state index contributed by atoms with van der Waals surface area (Å²) in [6.45, 7) is 7.77. The molecular formula is C8H11N3OS. The van der Waals surface area contributed by atoms with Crippen LogP contribution in [0.15, 0.2) is 12.2 Å². The number of aryl methyl sites for hydroxylation is 1. The van der Waals surface area contributed by atoms with Crippen molar-refractivity contribution in [2.24, 2.45) is 0 Å². The Labute approximate surface area is 80.9 Å². The molecule has 0 aromatic carbocycles. The quantitative estimate of drug-likeness (QED) is 0.739. The Hall–Kier alpha value is -1.23. The van der Waals surface area contributed by atoms with E-state index in [1.165, 1.54) is 0 Å². The minimum absolute atomic E-state index is 0.186. The molecule has 0 bridgehead atoms. The first kappa shape index (κ1) is 9.85. The van der Waals surface area contributed by atoms with Gasteiger partial charge in [-0.25, -0.2) is 4.98 Å². The Balaban J connectivity index is 2.54. The molecule has 1 rings (SSSR count). The third kappa shape index (κ3) is 2.95. The summed E-state index contributed by atoms with van der Waals surface area (Å²) in [5, 5.41) is 3.08. The number of rotatable bonds is 3. The highest BCUT2D eigenvalue weighted by Crippen LogP contribution is 2.02. The second kappa shape index (κ2) is 4.13. The van der Waals surface area contributed by atoms with Crippen LogP contribution in [0.4, 0.5) is 0 Å². The highest BCUT2D eigenvalue weighted by atomic mass is 32.1. The molecule has 5 heteroatoms. The fourth-order valence-corrected chi connectivity index (χ4v) is 1.28. The first-order chi connectivity index (χ1) is 6.09. The Morgan fingerprint density at radius 3 is 2.85 bits per heavy atom. The summed E-state index contributed by atoms with van der Waals surface area (Å²) in [6.07, 6.45) is 0. The third-order valence-electron chi connectivity index (χ3n) is 1.27. The number of nitrogens with one attached hydrogen (secondary N) is 1. The highest BCUT2D eigenvalue weighted by Gasteiger charge is 2.09. The molecule has 0 unspecified atom stereocenters. The van der Waals surface area contributed by atoms with Crippen molar-refractivity contribution < 1.29 is 4.79 Å². The lowest BCUT2D eigenvalue weighted by molar-refractivity contribution is 0.0956. The van der Waals surface area contributed by atoms with Crippen LogP contribution in [-0.2, 0) is 0 Å². The molecule has 1 N–H and O–H groups in total. The van der Waals surface area contributed by atoms with Crippen LogP contribution in [0.25, 0.3) is 0 Å². The molecule has 4 nitrogen and oxygen atoms in total. The lowest BCUT2D eigenvalue weighted by atomic mass is 10.3. The average molecular weight is 197 g/mol. The summed E-state index contributed by atoms with van der Waals surface area (Å²) in [4.78, 5) is 15.3. The molecule has 70 valence electrons. The van der Waals surface area contributed by atoms with E-state index in [4.69, 9.17) is 0 Å². The van der Waals surface area contributed by atoms with E-state index in [9.17, 15) is 4.79 Å². The lowest BCUT2D eigenvalue weighted by Gasteiger charge is -1.99. The van der Waals surface area contributed by atoms with E-state index in [2.05, 4.69) is 21.3 Å². The van der Waals surface area contributed by atoms with Crippen molar-refractivity contribution in [3.8, 4) is 0 Å². The molecule has 13 heavy (non-hydrogen) atoms. The lowest BCUT2D eigenvalue weighted by Crippen LogP contribution is -2.24. The van der Waals surface area contributed by atoms with Gasteiger partial charge in [0.2, 0.25) is 5.01 Å². The number of carbonyl (C=O) groups excluding carboxylic acids is 1. The second-order valence-electron chi connectivity index (χ2n) is 2.79. The van der Waals surface area contributed by atoms with Crippen molar-refractivity contribution >= 4 is 17.4 Å². The topological polar surface area (TPSA) is 54.9 Å². The number of hydrogen-bond acceptors (Lipinski definition) is 4. The highest BCUT2D eigenvalue weighted by molar-refractivity contribution is 7.07. The number of hydrogen-bond donors (Lipinski definition) is 1. The van der Waals surface area contributed by atoms with E-state index in [0.717, 1.165) is 17.1 Å². The minimum Gasteiger partial charge on any atom is -0.346 e. The van der Waals surface area contributed by atoms with E-state index in [1.807, 2.05) is 6.92 Å². The number of carbonyl (C=O) groups is 1. The van der Waals surface area contributed by atoms with Crippen molar-refractivity contribution in [3.63, 3.8) is 0 Å². The maximum absolute atomic E-state index is 11.3. The van der Waals surface area contributed by atoms with Crippen molar-refractivity contribution in [1.82, 2.24) is 14.7 Å². The molecule has 0 aliphatic rings. The van der Waals surface area contributed by atoms with E-state index in [0.29, 0.717) is 17.4 Å². The second-order valence-corrected chi connectivity index (χ2v) is 3.54. The van der Waals surface area contributed by atoms with Gasteiger partial charge in [0.25, 0.3) is 5.91 Å². The fraction of sp³-hybridized carbons (Fsp3) is 0.375. The van der Waals surface area contributed by atoms with Crippen molar-refractivity contribution in [2.75, 3.05) is 6.54 Å². The van der Waals surface area contributed by atoms with Crippen molar-refractivity contribution in [2.45, 2.75) is 13.8 Å². The number of amides is 1. The van der Waals surface area contributed by atoms with Gasteiger partial charge in [0.05, 0.1) is 0 Å². The molecule has 0 aliphatic carbocycles. The third-order valence-corrected chi connectivity index (χ3v) is 2.08. The van der Waals surface area contributed by atoms with Gasteiger partial charge in [0, 0.05) is 6.54 Å². The maximum Gasteiger partial charge on any atom is 0.282 e. The molecule has 1 amide bonds. The predicted molar refractivity (Wildman–Crippen MR) is 51.8 cm³/mol. The van der Waals surface area contributed by atoms with Crippen LogP contribution in [0.1, 0.15) is 22.6 Å². The molecule has 1 aromatic heterocycles. The summed E-state index contributed by atoms with van der Waals surface area (Å²) in [6, 6.07) is 0. The smallest absolute Gasteiger partial charge is 0.282 e. The zero-order valence-electron chi connectivity index (χ0n) is 7.63. The van der Waals surface area contributed by atoms with Gasteiger partial charge in [-0.05, 0) is 25.4 Å². The predicted octanol–water partition coefficient (Wildman–Crippen LogP) is 1.15. The van der Waals surface area contributed by atoms with Crippen LogP contribution in [0.5, 0.6) is 0 Å². The largest absolute Gasteiger partial charge is 0.346 e. The number of aromatic nitrogens is 2. The van der Waals surface area contributed by atoms with Crippen LogP contribution in [-0.4, -0.2) is 21.8 Å². The van der Waals surface area contributed by atoms with Crippen LogP contribution in [0.3, 0.4) is 0 Å².